The van der Waals surface area contributed by atoms with Crippen LogP contribution in [0.4, 0.5) is 0 Å². The molecule has 0 radical (unpaired) electrons. The average molecular weight is 347 g/mol. The topological polar surface area (TPSA) is 40.2 Å². The van der Waals surface area contributed by atoms with Crippen LogP contribution in [0, 0.1) is 0 Å². The first-order valence-corrected chi connectivity index (χ1v) is 9.72. The lowest BCUT2D eigenvalue weighted by molar-refractivity contribution is -0.174. The van der Waals surface area contributed by atoms with E-state index in [0.29, 0.717) is 12.1 Å². The van der Waals surface area contributed by atoms with Crippen molar-refractivity contribution in [3.63, 3.8) is 0 Å². The second kappa shape index (κ2) is 6.19. The summed E-state index contributed by atoms with van der Waals surface area (Å²) in [5.74, 6) is -0.619. The second-order valence-corrected chi connectivity index (χ2v) is 9.97. The minimum absolute atomic E-state index is 0.166. The van der Waals surface area contributed by atoms with Gasteiger partial charge in [-0.05, 0) is 69.2 Å². The Kier molecular flexibility index (Phi) is 5.26. The number of ether oxygens (including phenoxy) is 2. The summed E-state index contributed by atoms with van der Waals surface area (Å²) in [6.45, 7) is 20.9. The summed E-state index contributed by atoms with van der Waals surface area (Å²) in [6, 6.07) is 0.674. The molecule has 0 aliphatic carbocycles. The van der Waals surface area contributed by atoms with Crippen LogP contribution >= 0.6 is 8.53 Å². The molecule has 136 valence electrons. The van der Waals surface area contributed by atoms with Gasteiger partial charge in [0.25, 0.3) is 8.53 Å². The SMILES string of the molecule is CC(C)N(C(C)C)P1OC(C)(C)[C@@H]2OC(C)(C)O[C@H]2C(C)(C)O1. The zero-order chi connectivity index (χ0) is 17.8. The molecule has 6 heteroatoms. The molecule has 0 unspecified atom stereocenters. The molecule has 2 rings (SSSR count). The highest BCUT2D eigenvalue weighted by Gasteiger charge is 2.59. The van der Waals surface area contributed by atoms with Gasteiger partial charge in [-0.15, -0.1) is 0 Å². The molecule has 0 spiro atoms. The van der Waals surface area contributed by atoms with Gasteiger partial charge >= 0.3 is 0 Å². The molecule has 0 aromatic carbocycles. The molecule has 2 saturated heterocycles. The van der Waals surface area contributed by atoms with Crippen LogP contribution in [-0.2, 0) is 18.5 Å². The van der Waals surface area contributed by atoms with Gasteiger partial charge in [0.1, 0.15) is 12.2 Å². The van der Waals surface area contributed by atoms with Crippen molar-refractivity contribution in [1.82, 2.24) is 4.67 Å². The average Bonchev–Trinajstić information content (AvgIpc) is 2.61. The van der Waals surface area contributed by atoms with Crippen LogP contribution in [0.3, 0.4) is 0 Å². The van der Waals surface area contributed by atoms with Gasteiger partial charge in [-0.2, -0.15) is 0 Å². The molecule has 2 heterocycles. The first kappa shape index (κ1) is 19.6. The number of fused-ring (bicyclic) bond motifs is 1. The van der Waals surface area contributed by atoms with Crippen LogP contribution in [-0.4, -0.2) is 46.0 Å². The molecule has 23 heavy (non-hydrogen) atoms. The van der Waals surface area contributed by atoms with Crippen LogP contribution in [0.25, 0.3) is 0 Å². The molecule has 2 atom stereocenters. The van der Waals surface area contributed by atoms with Crippen molar-refractivity contribution in [3.8, 4) is 0 Å². The van der Waals surface area contributed by atoms with E-state index in [4.69, 9.17) is 18.5 Å². The summed E-state index contributed by atoms with van der Waals surface area (Å²) in [7, 11) is -1.20. The van der Waals surface area contributed by atoms with Gasteiger partial charge in [-0.25, -0.2) is 4.67 Å². The summed E-state index contributed by atoms with van der Waals surface area (Å²) in [6.07, 6.45) is -0.331. The van der Waals surface area contributed by atoms with E-state index in [1.165, 1.54) is 0 Å². The van der Waals surface area contributed by atoms with Crippen molar-refractivity contribution in [1.29, 1.82) is 0 Å². The lowest BCUT2D eigenvalue weighted by Gasteiger charge is -2.40. The Hall–Kier alpha value is 0.230. The van der Waals surface area contributed by atoms with Crippen molar-refractivity contribution in [3.05, 3.63) is 0 Å². The monoisotopic (exact) mass is 347 g/mol. The van der Waals surface area contributed by atoms with Gasteiger partial charge in [0, 0.05) is 12.1 Å². The van der Waals surface area contributed by atoms with Crippen molar-refractivity contribution >= 4 is 8.53 Å². The first-order chi connectivity index (χ1) is 10.3. The van der Waals surface area contributed by atoms with Crippen LogP contribution in [0.15, 0.2) is 0 Å². The van der Waals surface area contributed by atoms with Crippen molar-refractivity contribution in [2.24, 2.45) is 0 Å². The Morgan fingerprint density at radius 2 is 1.09 bits per heavy atom. The smallest absolute Gasteiger partial charge is 0.260 e. The van der Waals surface area contributed by atoms with Gasteiger partial charge in [0.15, 0.2) is 5.79 Å². The zero-order valence-corrected chi connectivity index (χ0v) is 17.2. The van der Waals surface area contributed by atoms with Crippen LogP contribution < -0.4 is 0 Å². The molecular weight excluding hydrogens is 313 g/mol. The van der Waals surface area contributed by atoms with Gasteiger partial charge < -0.3 is 18.5 Å². The largest absolute Gasteiger partial charge is 0.341 e. The molecule has 0 saturated carbocycles. The standard InChI is InChI=1S/C17H34NO4P/c1-11(2)18(12(3)4)23-21-15(5,6)13-14(16(7,8)22-23)20-17(9,10)19-13/h11-14H,1-10H3/t13-,14-/m1/s1. The Bertz CT molecular complexity index is 400. The molecule has 0 aromatic rings. The lowest BCUT2D eigenvalue weighted by Crippen LogP contribution is -2.50. The Morgan fingerprint density at radius 3 is 1.39 bits per heavy atom. The minimum Gasteiger partial charge on any atom is -0.341 e. The Labute approximate surface area is 143 Å². The van der Waals surface area contributed by atoms with E-state index in [2.05, 4.69) is 60.1 Å². The van der Waals surface area contributed by atoms with Crippen LogP contribution in [0.1, 0.15) is 69.2 Å². The molecule has 2 aliphatic rings. The summed E-state index contributed by atoms with van der Waals surface area (Å²) < 4.78 is 27.7. The highest BCUT2D eigenvalue weighted by atomic mass is 31.2. The number of nitrogens with zero attached hydrogens (tertiary/aromatic N) is 1. The molecule has 2 fully saturated rings. The van der Waals surface area contributed by atoms with Gasteiger partial charge in [-0.3, -0.25) is 0 Å². The molecule has 0 amide bonds. The molecule has 2 aliphatic heterocycles. The summed E-state index contributed by atoms with van der Waals surface area (Å²) in [4.78, 5) is 0. The summed E-state index contributed by atoms with van der Waals surface area (Å²) in [5, 5.41) is 0. The first-order valence-electron chi connectivity index (χ1n) is 8.59. The number of hydrogen-bond donors (Lipinski definition) is 0. The fourth-order valence-electron chi connectivity index (χ4n) is 3.37. The highest BCUT2D eigenvalue weighted by molar-refractivity contribution is 7.44. The van der Waals surface area contributed by atoms with Gasteiger partial charge in [0.2, 0.25) is 0 Å². The predicted molar refractivity (Wildman–Crippen MR) is 93.2 cm³/mol. The van der Waals surface area contributed by atoms with Crippen molar-refractivity contribution < 1.29 is 18.5 Å². The maximum atomic E-state index is 6.49. The second-order valence-electron chi connectivity index (χ2n) is 8.67. The number of rotatable bonds is 3. The van der Waals surface area contributed by atoms with E-state index in [-0.39, 0.29) is 12.2 Å². The molecule has 5 nitrogen and oxygen atoms in total. The summed E-state index contributed by atoms with van der Waals surface area (Å²) in [5.41, 5.74) is -0.972. The van der Waals surface area contributed by atoms with Crippen molar-refractivity contribution in [2.75, 3.05) is 0 Å². The third-order valence-electron chi connectivity index (χ3n) is 4.34. The Morgan fingerprint density at radius 1 is 0.739 bits per heavy atom. The maximum Gasteiger partial charge on any atom is 0.260 e. The predicted octanol–water partition coefficient (Wildman–Crippen LogP) is 4.46. The van der Waals surface area contributed by atoms with Crippen LogP contribution in [0.2, 0.25) is 0 Å². The fourth-order valence-corrected chi connectivity index (χ4v) is 5.36. The molecule has 0 aromatic heterocycles. The normalized spacial score (nSPS) is 33.3. The summed E-state index contributed by atoms with van der Waals surface area (Å²) >= 11 is 0. The van der Waals surface area contributed by atoms with Crippen LogP contribution in [0.5, 0.6) is 0 Å². The lowest BCUT2D eigenvalue weighted by atomic mass is 9.88. The minimum atomic E-state index is -1.20. The van der Waals surface area contributed by atoms with E-state index in [9.17, 15) is 0 Å². The van der Waals surface area contributed by atoms with E-state index in [1.807, 2.05) is 13.8 Å². The maximum absolute atomic E-state index is 6.49. The van der Waals surface area contributed by atoms with Crippen molar-refractivity contribution in [2.45, 2.75) is 111 Å². The molecule has 0 N–H and O–H groups in total. The third kappa shape index (κ3) is 3.91. The van der Waals surface area contributed by atoms with E-state index in [1.54, 1.807) is 0 Å². The zero-order valence-electron chi connectivity index (χ0n) is 16.3. The fraction of sp³-hybridized carbons (Fsp3) is 1.00. The van der Waals surface area contributed by atoms with E-state index >= 15 is 0 Å². The molecular formula is C17H34NO4P. The number of hydrogen-bond acceptors (Lipinski definition) is 5. The highest BCUT2D eigenvalue weighted by Crippen LogP contribution is 2.58. The van der Waals surface area contributed by atoms with E-state index < -0.39 is 25.5 Å². The van der Waals surface area contributed by atoms with E-state index in [0.717, 1.165) is 0 Å². The van der Waals surface area contributed by atoms with Gasteiger partial charge in [0.05, 0.1) is 11.2 Å². The van der Waals surface area contributed by atoms with Gasteiger partial charge in [-0.1, -0.05) is 0 Å². The third-order valence-corrected chi connectivity index (χ3v) is 6.89. The Balaban J connectivity index is 2.37. The molecule has 0 bridgehead atoms. The quantitative estimate of drug-likeness (QED) is 0.705.